The highest BCUT2D eigenvalue weighted by Gasteiger charge is 2.31. The van der Waals surface area contributed by atoms with Crippen molar-refractivity contribution < 1.29 is 27.1 Å². The number of fused-ring (bicyclic) bond motifs is 1. The molecule has 6 nitrogen and oxygen atoms in total. The number of nitrogens with zero attached hydrogens (tertiary/aromatic N) is 2. The fraction of sp³-hybridized carbons (Fsp3) is 0.0800. The number of furan rings is 1. The van der Waals surface area contributed by atoms with E-state index in [4.69, 9.17) is 16.0 Å². The number of anilines is 1. The van der Waals surface area contributed by atoms with Gasteiger partial charge in [-0.25, -0.2) is 9.98 Å². The Hall–Kier alpha value is -4.11. The molecule has 3 heterocycles. The maximum Gasteiger partial charge on any atom is 0.573 e. The summed E-state index contributed by atoms with van der Waals surface area (Å²) in [6, 6.07) is 15.7. The summed E-state index contributed by atoms with van der Waals surface area (Å²) in [4.78, 5) is 21.3. The molecule has 10 heteroatoms. The number of nitrogens with one attached hydrogen (secondary N) is 1. The number of rotatable bonds is 5. The molecule has 4 aromatic rings. The summed E-state index contributed by atoms with van der Waals surface area (Å²) >= 11 is 6.42. The van der Waals surface area contributed by atoms with E-state index in [0.717, 1.165) is 11.1 Å². The van der Waals surface area contributed by atoms with Crippen molar-refractivity contribution in [2.75, 3.05) is 5.32 Å². The molecule has 2 aromatic heterocycles. The summed E-state index contributed by atoms with van der Waals surface area (Å²) in [5.74, 6) is 0.0243. The standard InChI is InChI=1S/C25H15ClF3N3O3/c26-20-8-5-17(31-24(33)22-2-1-9-34-22)12-19(20)21-11-15-10-16(13-30-23(15)32-21)14-3-6-18(7-4-14)35-25(27,28)29/h1-10,12-13H,11H2,(H,31,33). The number of alkyl halides is 3. The maximum absolute atomic E-state index is 12.4. The Morgan fingerprint density at radius 2 is 1.86 bits per heavy atom. The molecule has 5 rings (SSSR count). The highest BCUT2D eigenvalue weighted by Crippen LogP contribution is 2.34. The van der Waals surface area contributed by atoms with Crippen molar-refractivity contribution in [1.29, 1.82) is 0 Å². The van der Waals surface area contributed by atoms with E-state index in [1.807, 2.05) is 6.07 Å². The number of pyridine rings is 1. The Morgan fingerprint density at radius 1 is 1.06 bits per heavy atom. The molecular formula is C25H15ClF3N3O3. The minimum absolute atomic E-state index is 0.182. The van der Waals surface area contributed by atoms with E-state index in [-0.39, 0.29) is 11.5 Å². The van der Waals surface area contributed by atoms with Crippen molar-refractivity contribution in [3.63, 3.8) is 0 Å². The average Bonchev–Trinajstić information content (AvgIpc) is 3.49. The van der Waals surface area contributed by atoms with Crippen molar-refractivity contribution in [2.24, 2.45) is 4.99 Å². The van der Waals surface area contributed by atoms with Gasteiger partial charge in [0.2, 0.25) is 0 Å². The molecule has 0 bridgehead atoms. The van der Waals surface area contributed by atoms with E-state index in [0.29, 0.717) is 39.8 Å². The highest BCUT2D eigenvalue weighted by molar-refractivity contribution is 6.34. The van der Waals surface area contributed by atoms with Gasteiger partial charge in [0.15, 0.2) is 11.6 Å². The van der Waals surface area contributed by atoms with Crippen molar-refractivity contribution in [1.82, 2.24) is 4.98 Å². The molecule has 0 fully saturated rings. The van der Waals surface area contributed by atoms with Crippen molar-refractivity contribution in [3.05, 3.63) is 95.0 Å². The zero-order valence-corrected chi connectivity index (χ0v) is 18.5. The second-order valence-electron chi connectivity index (χ2n) is 7.64. The lowest BCUT2D eigenvalue weighted by Crippen LogP contribution is -2.16. The lowest BCUT2D eigenvalue weighted by molar-refractivity contribution is -0.274. The quantitative estimate of drug-likeness (QED) is 0.328. The van der Waals surface area contributed by atoms with E-state index < -0.39 is 12.3 Å². The van der Waals surface area contributed by atoms with Crippen molar-refractivity contribution in [3.8, 4) is 16.9 Å². The maximum atomic E-state index is 12.4. The molecule has 35 heavy (non-hydrogen) atoms. The molecule has 0 aliphatic carbocycles. The molecule has 1 N–H and O–H groups in total. The van der Waals surface area contributed by atoms with Gasteiger partial charge in [0.1, 0.15) is 5.75 Å². The van der Waals surface area contributed by atoms with E-state index >= 15 is 0 Å². The van der Waals surface area contributed by atoms with Gasteiger partial charge in [0, 0.05) is 40.0 Å². The van der Waals surface area contributed by atoms with Crippen LogP contribution in [0.2, 0.25) is 5.02 Å². The average molecular weight is 498 g/mol. The molecule has 1 aliphatic rings. The van der Waals surface area contributed by atoms with Crippen LogP contribution in [-0.4, -0.2) is 23.0 Å². The van der Waals surface area contributed by atoms with E-state index in [2.05, 4.69) is 20.0 Å². The Balaban J connectivity index is 1.34. The summed E-state index contributed by atoms with van der Waals surface area (Å²) in [6.45, 7) is 0. The molecule has 0 spiro atoms. The Bertz CT molecular complexity index is 1430. The van der Waals surface area contributed by atoms with Crippen LogP contribution < -0.4 is 10.1 Å². The predicted octanol–water partition coefficient (Wildman–Crippen LogP) is 6.82. The summed E-state index contributed by atoms with van der Waals surface area (Å²) in [5.41, 5.74) is 4.11. The molecule has 2 aromatic carbocycles. The van der Waals surface area contributed by atoms with Crippen molar-refractivity contribution >= 4 is 34.7 Å². The predicted molar refractivity (Wildman–Crippen MR) is 124 cm³/mol. The Kier molecular flexibility index (Phi) is 5.78. The van der Waals surface area contributed by atoms with Gasteiger partial charge in [0.05, 0.1) is 12.0 Å². The smallest absolute Gasteiger partial charge is 0.459 e. The minimum Gasteiger partial charge on any atom is -0.459 e. The number of aromatic nitrogens is 1. The SMILES string of the molecule is O=C(Nc1ccc(Cl)c(C2=Nc3ncc(-c4ccc(OC(F)(F)F)cc4)cc3C2)c1)c1ccco1. The largest absolute Gasteiger partial charge is 0.573 e. The number of hydrogen-bond acceptors (Lipinski definition) is 5. The summed E-state index contributed by atoms with van der Waals surface area (Å²) < 4.78 is 46.2. The molecule has 0 radical (unpaired) electrons. The lowest BCUT2D eigenvalue weighted by Gasteiger charge is -2.10. The first-order valence-electron chi connectivity index (χ1n) is 10.3. The third kappa shape index (κ3) is 5.04. The summed E-state index contributed by atoms with van der Waals surface area (Å²) in [6.07, 6.45) is -1.28. The molecule has 0 saturated carbocycles. The van der Waals surface area contributed by atoms with Crippen LogP contribution in [0.25, 0.3) is 11.1 Å². The van der Waals surface area contributed by atoms with Crippen LogP contribution in [0.4, 0.5) is 24.7 Å². The van der Waals surface area contributed by atoms with E-state index in [1.165, 1.54) is 30.5 Å². The number of halogens is 4. The number of benzene rings is 2. The first kappa shape index (κ1) is 22.7. The second-order valence-corrected chi connectivity index (χ2v) is 8.05. The molecule has 1 amide bonds. The second kappa shape index (κ2) is 8.92. The number of carbonyl (C=O) groups excluding carboxylic acids is 1. The third-order valence-corrected chi connectivity index (χ3v) is 5.57. The third-order valence-electron chi connectivity index (χ3n) is 5.24. The topological polar surface area (TPSA) is 76.7 Å². The zero-order valence-electron chi connectivity index (χ0n) is 17.8. The zero-order chi connectivity index (χ0) is 24.6. The molecule has 0 unspecified atom stereocenters. The summed E-state index contributed by atoms with van der Waals surface area (Å²) in [5, 5.41) is 3.23. The highest BCUT2D eigenvalue weighted by atomic mass is 35.5. The van der Waals surface area contributed by atoms with E-state index in [1.54, 1.807) is 36.5 Å². The van der Waals surface area contributed by atoms with Gasteiger partial charge in [0.25, 0.3) is 5.91 Å². The number of aliphatic imine (C=N–C) groups is 1. The van der Waals surface area contributed by atoms with Crippen LogP contribution in [0.15, 0.2) is 82.5 Å². The molecule has 1 aliphatic heterocycles. The number of amides is 1. The first-order valence-corrected chi connectivity index (χ1v) is 10.7. The summed E-state index contributed by atoms with van der Waals surface area (Å²) in [7, 11) is 0. The molecule has 0 saturated heterocycles. The van der Waals surface area contributed by atoms with Gasteiger partial charge in [-0.1, -0.05) is 23.7 Å². The first-order chi connectivity index (χ1) is 16.7. The van der Waals surface area contributed by atoms with Crippen LogP contribution in [-0.2, 0) is 6.42 Å². The molecule has 176 valence electrons. The lowest BCUT2D eigenvalue weighted by atomic mass is 10.0. The number of carbonyl (C=O) groups is 1. The normalized spacial score (nSPS) is 12.7. The van der Waals surface area contributed by atoms with Gasteiger partial charge in [-0.05, 0) is 54.1 Å². The molecule has 0 atom stereocenters. The fourth-order valence-electron chi connectivity index (χ4n) is 3.67. The van der Waals surface area contributed by atoms with Gasteiger partial charge < -0.3 is 14.5 Å². The Morgan fingerprint density at radius 3 is 2.57 bits per heavy atom. The van der Waals surface area contributed by atoms with Crippen LogP contribution >= 0.6 is 11.6 Å². The van der Waals surface area contributed by atoms with Crippen LogP contribution in [0.3, 0.4) is 0 Å². The van der Waals surface area contributed by atoms with Crippen molar-refractivity contribution in [2.45, 2.75) is 12.8 Å². The van der Waals surface area contributed by atoms with Gasteiger partial charge in [-0.2, -0.15) is 0 Å². The number of ether oxygens (including phenoxy) is 1. The van der Waals surface area contributed by atoms with Gasteiger partial charge in [-0.15, -0.1) is 13.2 Å². The number of hydrogen-bond donors (Lipinski definition) is 1. The minimum atomic E-state index is -4.75. The van der Waals surface area contributed by atoms with Crippen LogP contribution in [0.1, 0.15) is 21.7 Å². The van der Waals surface area contributed by atoms with Crippen LogP contribution in [0, 0.1) is 0 Å². The fourth-order valence-corrected chi connectivity index (χ4v) is 3.90. The van der Waals surface area contributed by atoms with Crippen LogP contribution in [0.5, 0.6) is 5.75 Å². The Labute approximate surface area is 202 Å². The van der Waals surface area contributed by atoms with Gasteiger partial charge >= 0.3 is 6.36 Å². The van der Waals surface area contributed by atoms with E-state index in [9.17, 15) is 18.0 Å². The molecular weight excluding hydrogens is 483 g/mol. The van der Waals surface area contributed by atoms with Gasteiger partial charge in [-0.3, -0.25) is 4.79 Å². The monoisotopic (exact) mass is 497 g/mol.